The third-order valence-electron chi connectivity index (χ3n) is 3.88. The van der Waals surface area contributed by atoms with E-state index in [1.807, 2.05) is 6.92 Å². The Morgan fingerprint density at radius 3 is 2.88 bits per heavy atom. The van der Waals surface area contributed by atoms with Crippen molar-refractivity contribution in [2.45, 2.75) is 44.3 Å². The van der Waals surface area contributed by atoms with Crippen LogP contribution in [0.2, 0.25) is 0 Å². The van der Waals surface area contributed by atoms with Gasteiger partial charge in [0.15, 0.2) is 23.8 Å². The smallest absolute Gasteiger partial charge is 0.306 e. The Labute approximate surface area is 165 Å². The Kier molecular flexibility index (Phi) is 6.72. The summed E-state index contributed by atoms with van der Waals surface area (Å²) in [7, 11) is 0. The van der Waals surface area contributed by atoms with Gasteiger partial charge >= 0.3 is 5.97 Å². The molecule has 3 heterocycles. The van der Waals surface area contributed by atoms with Crippen molar-refractivity contribution in [2.24, 2.45) is 0 Å². The summed E-state index contributed by atoms with van der Waals surface area (Å²) in [6.45, 7) is 1.43. The van der Waals surface area contributed by atoms with E-state index in [1.165, 1.54) is 17.2 Å². The molecule has 4 atom stereocenters. The van der Waals surface area contributed by atoms with Crippen molar-refractivity contribution in [1.29, 1.82) is 0 Å². The van der Waals surface area contributed by atoms with Gasteiger partial charge < -0.3 is 25.4 Å². The maximum absolute atomic E-state index is 11.9. The number of nitrogen functional groups attached to an aromatic ring is 1. The molecular weight excluding hydrogens is 341 g/mol. The van der Waals surface area contributed by atoms with Crippen LogP contribution in [-0.2, 0) is 14.3 Å². The summed E-state index contributed by atoms with van der Waals surface area (Å²) in [5.74, 6) is -0.247. The van der Waals surface area contributed by atoms with Crippen molar-refractivity contribution in [3.05, 3.63) is 12.7 Å². The van der Waals surface area contributed by atoms with Crippen LogP contribution < -0.4 is 5.73 Å². The summed E-state index contributed by atoms with van der Waals surface area (Å²) in [6.07, 6.45) is -0.375. The summed E-state index contributed by atoms with van der Waals surface area (Å²) in [6, 6.07) is 0. The van der Waals surface area contributed by atoms with Crippen LogP contribution in [0, 0.1) is 0 Å². The van der Waals surface area contributed by atoms with Gasteiger partial charge in [-0.05, 0) is 6.42 Å². The molecule has 1 radical (unpaired) electrons. The third-order valence-corrected chi connectivity index (χ3v) is 3.88. The first-order valence-electron chi connectivity index (χ1n) is 7.63. The van der Waals surface area contributed by atoms with Gasteiger partial charge in [-0.3, -0.25) is 9.36 Å². The molecule has 0 saturated carbocycles. The van der Waals surface area contributed by atoms with Crippen LogP contribution >= 0.6 is 0 Å². The number of nitrogens with zero attached hydrogens (tertiary/aromatic N) is 4. The number of aliphatic hydroxyl groups is 2. The number of hydrogen-bond acceptors (Lipinski definition) is 9. The number of rotatable bonds is 5. The van der Waals surface area contributed by atoms with E-state index in [0.717, 1.165) is 0 Å². The van der Waals surface area contributed by atoms with Crippen molar-refractivity contribution < 1.29 is 24.5 Å². The molecule has 0 bridgehead atoms. The molecule has 25 heavy (non-hydrogen) atoms. The predicted molar refractivity (Wildman–Crippen MR) is 87.3 cm³/mol. The summed E-state index contributed by atoms with van der Waals surface area (Å²) in [4.78, 5) is 24.0. The molecule has 2 aromatic heterocycles. The van der Waals surface area contributed by atoms with Gasteiger partial charge in [0.05, 0.1) is 12.9 Å². The number of carbonyl (C=O) groups is 1. The molecule has 0 aromatic carbocycles. The number of nitrogens with two attached hydrogens (primary N) is 1. The Morgan fingerprint density at radius 1 is 1.44 bits per heavy atom. The molecule has 3 rings (SSSR count). The first-order valence-corrected chi connectivity index (χ1v) is 7.63. The molecule has 4 N–H and O–H groups in total. The fraction of sp³-hybridized carbons (Fsp3) is 0.571. The Morgan fingerprint density at radius 2 is 2.20 bits per heavy atom. The van der Waals surface area contributed by atoms with Gasteiger partial charge in [-0.2, -0.15) is 0 Å². The van der Waals surface area contributed by atoms with Crippen molar-refractivity contribution >= 4 is 52.5 Å². The van der Waals surface area contributed by atoms with Crippen LogP contribution in [0.5, 0.6) is 0 Å². The standard InChI is InChI=1S/C14H19N5O5.Na/c1-2-3-8(21)24-11-10(22)7(4-20)23-14(11)19-6-18-9-12(15)16-5-17-13(9)19;/h5-7,10-11,14,20,22H,2-4H2,1H3,(H2,15,16,17);/t7-,10-,11-,14-;/m1./s1. The van der Waals surface area contributed by atoms with E-state index >= 15 is 0 Å². The number of aromatic nitrogens is 4. The van der Waals surface area contributed by atoms with E-state index in [-0.39, 0.29) is 41.8 Å². The second-order valence-electron chi connectivity index (χ2n) is 5.53. The number of hydrogen-bond donors (Lipinski definition) is 3. The topological polar surface area (TPSA) is 146 Å². The number of aliphatic hydroxyl groups excluding tert-OH is 2. The molecule has 1 aliphatic rings. The van der Waals surface area contributed by atoms with E-state index in [0.29, 0.717) is 17.6 Å². The maximum atomic E-state index is 11.9. The molecule has 10 nitrogen and oxygen atoms in total. The van der Waals surface area contributed by atoms with Gasteiger partial charge in [0.25, 0.3) is 0 Å². The van der Waals surface area contributed by atoms with Crippen molar-refractivity contribution in [2.75, 3.05) is 12.3 Å². The summed E-state index contributed by atoms with van der Waals surface area (Å²) in [5.41, 5.74) is 6.52. The van der Waals surface area contributed by atoms with Crippen molar-refractivity contribution in [1.82, 2.24) is 19.5 Å². The van der Waals surface area contributed by atoms with Crippen molar-refractivity contribution in [3.8, 4) is 0 Å². The Balaban J connectivity index is 0.00000225. The molecule has 0 amide bonds. The van der Waals surface area contributed by atoms with E-state index < -0.39 is 37.1 Å². The maximum Gasteiger partial charge on any atom is 0.306 e. The van der Waals surface area contributed by atoms with E-state index in [9.17, 15) is 15.0 Å². The normalized spacial score (nSPS) is 25.7. The fourth-order valence-electron chi connectivity index (χ4n) is 2.69. The van der Waals surface area contributed by atoms with Crippen LogP contribution in [-0.4, -0.2) is 90.2 Å². The van der Waals surface area contributed by atoms with Gasteiger partial charge in [-0.15, -0.1) is 0 Å². The van der Waals surface area contributed by atoms with Gasteiger partial charge in [0.1, 0.15) is 24.1 Å². The number of ether oxygens (including phenoxy) is 2. The van der Waals surface area contributed by atoms with Crippen LogP contribution in [0.1, 0.15) is 26.0 Å². The van der Waals surface area contributed by atoms with Gasteiger partial charge in [0.2, 0.25) is 0 Å². The largest absolute Gasteiger partial charge is 0.455 e. The first-order chi connectivity index (χ1) is 11.6. The zero-order valence-electron chi connectivity index (χ0n) is 14.1. The van der Waals surface area contributed by atoms with Crippen LogP contribution in [0.15, 0.2) is 12.7 Å². The quantitative estimate of drug-likeness (QED) is 0.451. The average molecular weight is 360 g/mol. The predicted octanol–water partition coefficient (Wildman–Crippen LogP) is -1.01. The number of esters is 1. The van der Waals surface area contributed by atoms with Crippen LogP contribution in [0.4, 0.5) is 5.82 Å². The fourth-order valence-corrected chi connectivity index (χ4v) is 2.69. The summed E-state index contributed by atoms with van der Waals surface area (Å²) >= 11 is 0. The monoisotopic (exact) mass is 360 g/mol. The molecule has 1 fully saturated rings. The average Bonchev–Trinajstić information content (AvgIpc) is 3.11. The minimum absolute atomic E-state index is 0. The second-order valence-corrected chi connectivity index (χ2v) is 5.53. The summed E-state index contributed by atoms with van der Waals surface area (Å²) < 4.78 is 12.5. The molecule has 2 aromatic rings. The Bertz CT molecular complexity index is 741. The third kappa shape index (κ3) is 3.78. The van der Waals surface area contributed by atoms with Gasteiger partial charge in [0, 0.05) is 36.0 Å². The van der Waals surface area contributed by atoms with E-state index in [2.05, 4.69) is 15.0 Å². The summed E-state index contributed by atoms with van der Waals surface area (Å²) in [5, 5.41) is 19.7. The molecule has 1 aliphatic heterocycles. The number of fused-ring (bicyclic) bond motifs is 1. The molecule has 1 saturated heterocycles. The van der Waals surface area contributed by atoms with Gasteiger partial charge in [-0.1, -0.05) is 6.92 Å². The molecular formula is C14H19N5NaO5. The number of carbonyl (C=O) groups excluding carboxylic acids is 1. The van der Waals surface area contributed by atoms with E-state index in [1.54, 1.807) is 0 Å². The van der Waals surface area contributed by atoms with E-state index in [4.69, 9.17) is 15.2 Å². The molecule has 131 valence electrons. The molecule has 0 unspecified atom stereocenters. The first kappa shape index (κ1) is 20.0. The van der Waals surface area contributed by atoms with Crippen LogP contribution in [0.3, 0.4) is 0 Å². The van der Waals surface area contributed by atoms with Gasteiger partial charge in [-0.25, -0.2) is 15.0 Å². The molecule has 0 spiro atoms. The minimum atomic E-state index is -1.17. The number of anilines is 1. The number of imidazole rings is 1. The molecule has 11 heteroatoms. The minimum Gasteiger partial charge on any atom is -0.455 e. The molecule has 0 aliphatic carbocycles. The zero-order valence-corrected chi connectivity index (χ0v) is 16.1. The second kappa shape index (κ2) is 8.39. The van der Waals surface area contributed by atoms with Crippen molar-refractivity contribution in [3.63, 3.8) is 0 Å². The zero-order chi connectivity index (χ0) is 17.3. The van der Waals surface area contributed by atoms with Crippen LogP contribution in [0.25, 0.3) is 11.2 Å². The Hall–Kier alpha value is -1.30. The SMILES string of the molecule is CCCC(=O)O[C@@H]1[C@H](O)[C@@H](CO)O[C@H]1n1cnc2c(N)ncnc21.[Na].